The van der Waals surface area contributed by atoms with Crippen LogP contribution >= 0.6 is 11.6 Å². The van der Waals surface area contributed by atoms with E-state index in [4.69, 9.17) is 11.6 Å². The van der Waals surface area contributed by atoms with Gasteiger partial charge in [-0.25, -0.2) is 0 Å². The van der Waals surface area contributed by atoms with Gasteiger partial charge in [0.1, 0.15) is 5.75 Å². The van der Waals surface area contributed by atoms with Gasteiger partial charge in [-0.05, 0) is 66.3 Å². The molecule has 0 saturated carbocycles. The van der Waals surface area contributed by atoms with E-state index in [0.717, 1.165) is 11.6 Å². The summed E-state index contributed by atoms with van der Waals surface area (Å²) in [5, 5.41) is 14.3. The highest BCUT2D eigenvalue weighted by Gasteiger charge is 2.42. The molecule has 0 bridgehead atoms. The normalized spacial score (nSPS) is 27.2. The summed E-state index contributed by atoms with van der Waals surface area (Å²) in [6, 6.07) is 14.4. The van der Waals surface area contributed by atoms with Gasteiger partial charge in [0, 0.05) is 17.0 Å². The predicted octanol–water partition coefficient (Wildman–Crippen LogP) is 4.23. The Bertz CT molecular complexity index is 667. The van der Waals surface area contributed by atoms with Gasteiger partial charge in [0.15, 0.2) is 0 Å². The van der Waals surface area contributed by atoms with E-state index in [-0.39, 0.29) is 0 Å². The molecule has 3 heteroatoms. The summed E-state index contributed by atoms with van der Waals surface area (Å²) < 4.78 is 0. The lowest BCUT2D eigenvalue weighted by molar-refractivity contribution is 0.287. The molecule has 1 fully saturated rings. The number of phenols is 1. The van der Waals surface area contributed by atoms with E-state index in [1.165, 1.54) is 29.5 Å². The van der Waals surface area contributed by atoms with E-state index in [2.05, 4.69) is 23.5 Å². The van der Waals surface area contributed by atoms with E-state index in [1.807, 2.05) is 18.2 Å². The molecule has 1 aliphatic heterocycles. The molecule has 0 amide bonds. The van der Waals surface area contributed by atoms with Crippen molar-refractivity contribution >= 4 is 11.6 Å². The Balaban J connectivity index is 1.85. The van der Waals surface area contributed by atoms with Crippen LogP contribution in [0.25, 0.3) is 0 Å². The molecule has 0 radical (unpaired) electrons. The topological polar surface area (TPSA) is 32.3 Å². The lowest BCUT2D eigenvalue weighted by atomic mass is 9.80. The van der Waals surface area contributed by atoms with Gasteiger partial charge in [0.25, 0.3) is 0 Å². The number of rotatable bonds is 1. The van der Waals surface area contributed by atoms with Crippen LogP contribution in [0.4, 0.5) is 0 Å². The third-order valence-corrected chi connectivity index (χ3v) is 5.16. The number of phenolic OH excluding ortho intramolecular Hbond substituents is 1. The fraction of sp³-hybridized carbons (Fsp3) is 0.333. The van der Waals surface area contributed by atoms with Crippen molar-refractivity contribution in [2.24, 2.45) is 5.92 Å². The smallest absolute Gasteiger partial charge is 0.115 e. The molecule has 3 atom stereocenters. The molecule has 2 nitrogen and oxygen atoms in total. The van der Waals surface area contributed by atoms with Crippen LogP contribution in [0.3, 0.4) is 0 Å². The molecule has 2 N–H and O–H groups in total. The highest BCUT2D eigenvalue weighted by molar-refractivity contribution is 6.30. The van der Waals surface area contributed by atoms with Crippen LogP contribution < -0.4 is 5.32 Å². The van der Waals surface area contributed by atoms with Gasteiger partial charge >= 0.3 is 0 Å². The fourth-order valence-corrected chi connectivity index (χ4v) is 4.18. The standard InChI is InChI=1S/C18H18ClNO/c19-12-5-3-11(4-6-12)17-15-2-1-9-20-18(15)14-8-7-13(21)10-16(14)17/h3-8,10,15,17-18,20-21H,1-2,9H2. The number of aromatic hydroxyl groups is 1. The van der Waals surface area contributed by atoms with Gasteiger partial charge in [-0.15, -0.1) is 0 Å². The van der Waals surface area contributed by atoms with Crippen LogP contribution in [0.2, 0.25) is 5.02 Å². The summed E-state index contributed by atoms with van der Waals surface area (Å²) in [4.78, 5) is 0. The predicted molar refractivity (Wildman–Crippen MR) is 84.9 cm³/mol. The Morgan fingerprint density at radius 2 is 1.86 bits per heavy atom. The average molecular weight is 300 g/mol. The molecule has 3 unspecified atom stereocenters. The monoisotopic (exact) mass is 299 g/mol. The number of piperidine rings is 1. The number of nitrogens with one attached hydrogen (secondary N) is 1. The van der Waals surface area contributed by atoms with Gasteiger partial charge < -0.3 is 10.4 Å². The van der Waals surface area contributed by atoms with Crippen LogP contribution in [0.5, 0.6) is 5.75 Å². The van der Waals surface area contributed by atoms with Crippen molar-refractivity contribution in [1.82, 2.24) is 5.32 Å². The summed E-state index contributed by atoms with van der Waals surface area (Å²) in [5.74, 6) is 1.27. The molecule has 1 aliphatic carbocycles. The number of halogens is 1. The molecule has 1 saturated heterocycles. The first-order valence-electron chi connectivity index (χ1n) is 7.56. The van der Waals surface area contributed by atoms with E-state index in [9.17, 15) is 5.11 Å². The minimum atomic E-state index is 0.349. The summed E-state index contributed by atoms with van der Waals surface area (Å²) >= 11 is 6.03. The van der Waals surface area contributed by atoms with E-state index in [0.29, 0.717) is 23.6 Å². The molecule has 0 spiro atoms. The summed E-state index contributed by atoms with van der Waals surface area (Å²) in [6.07, 6.45) is 2.44. The van der Waals surface area contributed by atoms with E-state index in [1.54, 1.807) is 6.07 Å². The molecular weight excluding hydrogens is 282 g/mol. The first kappa shape index (κ1) is 13.2. The first-order valence-corrected chi connectivity index (χ1v) is 7.93. The van der Waals surface area contributed by atoms with Crippen molar-refractivity contribution < 1.29 is 5.11 Å². The maximum atomic E-state index is 9.90. The van der Waals surface area contributed by atoms with Gasteiger partial charge in [0.2, 0.25) is 0 Å². The minimum absolute atomic E-state index is 0.349. The van der Waals surface area contributed by atoms with E-state index < -0.39 is 0 Å². The van der Waals surface area contributed by atoms with Crippen molar-refractivity contribution in [1.29, 1.82) is 0 Å². The van der Waals surface area contributed by atoms with Crippen LogP contribution in [0.15, 0.2) is 42.5 Å². The minimum Gasteiger partial charge on any atom is -0.508 e. The number of hydrogen-bond acceptors (Lipinski definition) is 2. The Hall–Kier alpha value is -1.51. The van der Waals surface area contributed by atoms with Crippen LogP contribution in [0.1, 0.15) is 41.5 Å². The maximum Gasteiger partial charge on any atom is 0.115 e. The van der Waals surface area contributed by atoms with Gasteiger partial charge in [-0.3, -0.25) is 0 Å². The Kier molecular flexibility index (Phi) is 3.16. The van der Waals surface area contributed by atoms with E-state index >= 15 is 0 Å². The molecule has 1 heterocycles. The molecule has 4 rings (SSSR count). The molecular formula is C18H18ClNO. The maximum absolute atomic E-state index is 9.90. The third kappa shape index (κ3) is 2.14. The average Bonchev–Trinajstić information content (AvgIpc) is 2.82. The van der Waals surface area contributed by atoms with Crippen LogP contribution in [-0.4, -0.2) is 11.7 Å². The molecule has 0 aromatic heterocycles. The van der Waals surface area contributed by atoms with Crippen LogP contribution in [-0.2, 0) is 0 Å². The fourth-order valence-electron chi connectivity index (χ4n) is 4.06. The molecule has 2 aromatic rings. The molecule has 2 aliphatic rings. The van der Waals surface area contributed by atoms with Crippen molar-refractivity contribution in [3.8, 4) is 5.75 Å². The van der Waals surface area contributed by atoms with Crippen molar-refractivity contribution in [3.05, 3.63) is 64.2 Å². The summed E-state index contributed by atoms with van der Waals surface area (Å²) in [5.41, 5.74) is 3.90. The Morgan fingerprint density at radius 3 is 2.67 bits per heavy atom. The second-order valence-electron chi connectivity index (χ2n) is 6.08. The second-order valence-corrected chi connectivity index (χ2v) is 6.52. The van der Waals surface area contributed by atoms with Crippen molar-refractivity contribution in [2.75, 3.05) is 6.54 Å². The first-order chi connectivity index (χ1) is 10.2. The zero-order valence-electron chi connectivity index (χ0n) is 11.7. The van der Waals surface area contributed by atoms with Crippen LogP contribution in [0, 0.1) is 5.92 Å². The Labute approximate surface area is 129 Å². The quantitative estimate of drug-likeness (QED) is 0.826. The number of fused-ring (bicyclic) bond motifs is 3. The largest absolute Gasteiger partial charge is 0.508 e. The van der Waals surface area contributed by atoms with Gasteiger partial charge in [0.05, 0.1) is 0 Å². The molecule has 108 valence electrons. The Morgan fingerprint density at radius 1 is 1.05 bits per heavy atom. The molecule has 2 aromatic carbocycles. The zero-order valence-corrected chi connectivity index (χ0v) is 12.5. The van der Waals surface area contributed by atoms with Gasteiger partial charge in [-0.2, -0.15) is 0 Å². The third-order valence-electron chi connectivity index (χ3n) is 4.90. The summed E-state index contributed by atoms with van der Waals surface area (Å²) in [7, 11) is 0. The second kappa shape index (κ2) is 5.04. The summed E-state index contributed by atoms with van der Waals surface area (Å²) in [6.45, 7) is 1.08. The van der Waals surface area contributed by atoms with Crippen molar-refractivity contribution in [2.45, 2.75) is 24.8 Å². The highest BCUT2D eigenvalue weighted by Crippen LogP contribution is 2.52. The lowest BCUT2D eigenvalue weighted by Gasteiger charge is -2.31. The lowest BCUT2D eigenvalue weighted by Crippen LogP contribution is -2.32. The van der Waals surface area contributed by atoms with Crippen molar-refractivity contribution in [3.63, 3.8) is 0 Å². The molecule has 21 heavy (non-hydrogen) atoms. The highest BCUT2D eigenvalue weighted by atomic mass is 35.5. The zero-order chi connectivity index (χ0) is 14.4. The number of hydrogen-bond donors (Lipinski definition) is 2. The number of benzene rings is 2. The SMILES string of the molecule is Oc1ccc2c(c1)C(c1ccc(Cl)cc1)C1CCCNC21. The van der Waals surface area contributed by atoms with Gasteiger partial charge in [-0.1, -0.05) is 29.8 Å².